The van der Waals surface area contributed by atoms with Gasteiger partial charge in [-0.05, 0) is 66.6 Å². The molecular weight excluding hydrogens is 381 g/mol. The highest BCUT2D eigenvalue weighted by molar-refractivity contribution is 7.89. The van der Waals surface area contributed by atoms with E-state index in [-0.39, 0.29) is 11.4 Å². The Balaban J connectivity index is 1.89. The largest absolute Gasteiger partial charge is 0.495 e. The third-order valence-electron chi connectivity index (χ3n) is 4.39. The molecule has 0 aromatic heterocycles. The fourth-order valence-corrected chi connectivity index (χ4v) is 4.71. The Morgan fingerprint density at radius 3 is 2.40 bits per heavy atom. The molecule has 0 fully saturated rings. The summed E-state index contributed by atoms with van der Waals surface area (Å²) in [6.45, 7) is 0.0819. The zero-order valence-corrected chi connectivity index (χ0v) is 16.1. The topological polar surface area (TPSA) is 55.4 Å². The molecule has 1 aliphatic carbocycles. The van der Waals surface area contributed by atoms with Gasteiger partial charge in [0.2, 0.25) is 10.0 Å². The molecule has 25 heavy (non-hydrogen) atoms. The molecule has 0 heterocycles. The second kappa shape index (κ2) is 7.54. The van der Waals surface area contributed by atoms with Crippen LogP contribution >= 0.6 is 23.2 Å². The van der Waals surface area contributed by atoms with E-state index in [1.54, 1.807) is 24.3 Å². The Kier molecular flexibility index (Phi) is 5.58. The van der Waals surface area contributed by atoms with Crippen molar-refractivity contribution in [2.24, 2.45) is 0 Å². The van der Waals surface area contributed by atoms with E-state index in [0.29, 0.717) is 21.4 Å². The highest BCUT2D eigenvalue weighted by Gasteiger charge is 2.23. The van der Waals surface area contributed by atoms with Crippen molar-refractivity contribution in [3.63, 3.8) is 0 Å². The molecule has 0 aliphatic heterocycles. The van der Waals surface area contributed by atoms with Crippen LogP contribution in [0.2, 0.25) is 10.0 Å². The standard InChI is InChI=1S/C18H19Cl2NO3S/c1-24-17-8-12-4-2-3-5-13(12)9-18(17)25(22,23)21-11-14-6-7-15(19)10-16(14)20/h6-10,21H,2-5,11H2,1H3. The summed E-state index contributed by atoms with van der Waals surface area (Å²) in [5.74, 6) is 0.371. The summed E-state index contributed by atoms with van der Waals surface area (Å²) >= 11 is 12.0. The number of hydrogen-bond donors (Lipinski definition) is 1. The van der Waals surface area contributed by atoms with Crippen molar-refractivity contribution < 1.29 is 13.2 Å². The highest BCUT2D eigenvalue weighted by atomic mass is 35.5. The van der Waals surface area contributed by atoms with Crippen LogP contribution in [0.25, 0.3) is 0 Å². The first kappa shape index (κ1) is 18.5. The number of nitrogens with one attached hydrogen (secondary N) is 1. The lowest BCUT2D eigenvalue weighted by Crippen LogP contribution is -2.24. The minimum Gasteiger partial charge on any atom is -0.495 e. The van der Waals surface area contributed by atoms with Crippen LogP contribution in [0, 0.1) is 0 Å². The molecule has 2 aromatic carbocycles. The van der Waals surface area contributed by atoms with Crippen molar-refractivity contribution in [3.8, 4) is 5.75 Å². The van der Waals surface area contributed by atoms with Gasteiger partial charge in [0, 0.05) is 16.6 Å². The van der Waals surface area contributed by atoms with Crippen LogP contribution in [-0.2, 0) is 29.4 Å². The first-order valence-electron chi connectivity index (χ1n) is 8.04. The molecule has 0 atom stereocenters. The number of sulfonamides is 1. The second-order valence-corrected chi connectivity index (χ2v) is 8.62. The maximum absolute atomic E-state index is 12.8. The van der Waals surface area contributed by atoms with Gasteiger partial charge in [-0.2, -0.15) is 0 Å². The summed E-state index contributed by atoms with van der Waals surface area (Å²) in [6, 6.07) is 8.55. The van der Waals surface area contributed by atoms with E-state index >= 15 is 0 Å². The van der Waals surface area contributed by atoms with Crippen LogP contribution < -0.4 is 9.46 Å². The molecule has 0 unspecified atom stereocenters. The Morgan fingerprint density at radius 1 is 1.08 bits per heavy atom. The SMILES string of the molecule is COc1cc2c(cc1S(=O)(=O)NCc1ccc(Cl)cc1Cl)CCCC2. The molecule has 1 aliphatic rings. The predicted octanol–water partition coefficient (Wildman–Crippen LogP) is 4.36. The lowest BCUT2D eigenvalue weighted by Gasteiger charge is -2.19. The zero-order valence-electron chi connectivity index (χ0n) is 13.8. The van der Waals surface area contributed by atoms with Gasteiger partial charge in [-0.3, -0.25) is 0 Å². The van der Waals surface area contributed by atoms with Crippen LogP contribution in [-0.4, -0.2) is 15.5 Å². The van der Waals surface area contributed by atoms with Crippen molar-refractivity contribution in [3.05, 3.63) is 57.1 Å². The zero-order chi connectivity index (χ0) is 18.0. The summed E-state index contributed by atoms with van der Waals surface area (Å²) < 4.78 is 33.5. The van der Waals surface area contributed by atoms with E-state index in [4.69, 9.17) is 27.9 Å². The molecular formula is C18H19Cl2NO3S. The van der Waals surface area contributed by atoms with Gasteiger partial charge in [0.15, 0.2) is 0 Å². The molecule has 0 radical (unpaired) electrons. The minimum absolute atomic E-state index is 0.0819. The Morgan fingerprint density at radius 2 is 1.76 bits per heavy atom. The fourth-order valence-electron chi connectivity index (χ4n) is 3.03. The van der Waals surface area contributed by atoms with Crippen LogP contribution in [0.3, 0.4) is 0 Å². The van der Waals surface area contributed by atoms with Crippen molar-refractivity contribution in [2.45, 2.75) is 37.1 Å². The van der Waals surface area contributed by atoms with Gasteiger partial charge < -0.3 is 4.74 Å². The smallest absolute Gasteiger partial charge is 0.244 e. The number of hydrogen-bond acceptors (Lipinski definition) is 3. The maximum atomic E-state index is 12.8. The number of aryl methyl sites for hydroxylation is 2. The third-order valence-corrected chi connectivity index (χ3v) is 6.39. The Hall–Kier alpha value is -1.27. The Labute approximate surface area is 158 Å². The van der Waals surface area contributed by atoms with E-state index in [9.17, 15) is 8.42 Å². The average Bonchev–Trinajstić information content (AvgIpc) is 2.59. The minimum atomic E-state index is -3.73. The quantitative estimate of drug-likeness (QED) is 0.812. The van der Waals surface area contributed by atoms with E-state index in [0.717, 1.165) is 31.2 Å². The lowest BCUT2D eigenvalue weighted by molar-refractivity contribution is 0.401. The molecule has 0 saturated heterocycles. The van der Waals surface area contributed by atoms with Gasteiger partial charge >= 0.3 is 0 Å². The van der Waals surface area contributed by atoms with Crippen LogP contribution in [0.1, 0.15) is 29.5 Å². The number of ether oxygens (including phenoxy) is 1. The normalized spacial score (nSPS) is 14.2. The van der Waals surface area contributed by atoms with Gasteiger partial charge in [-0.25, -0.2) is 13.1 Å². The summed E-state index contributed by atoms with van der Waals surface area (Å²) in [4.78, 5) is 0.167. The van der Waals surface area contributed by atoms with Gasteiger partial charge in [-0.1, -0.05) is 29.3 Å². The second-order valence-electron chi connectivity index (χ2n) is 6.04. The first-order chi connectivity index (χ1) is 11.9. The number of methoxy groups -OCH3 is 1. The third kappa shape index (κ3) is 4.11. The molecule has 0 spiro atoms. The van der Waals surface area contributed by atoms with E-state index in [1.165, 1.54) is 12.7 Å². The molecule has 0 amide bonds. The number of benzene rings is 2. The molecule has 7 heteroatoms. The lowest BCUT2D eigenvalue weighted by atomic mass is 9.92. The fraction of sp³-hybridized carbons (Fsp3) is 0.333. The first-order valence-corrected chi connectivity index (χ1v) is 10.3. The van der Waals surface area contributed by atoms with E-state index < -0.39 is 10.0 Å². The number of halogens is 2. The molecule has 1 N–H and O–H groups in total. The van der Waals surface area contributed by atoms with Gasteiger partial charge in [0.25, 0.3) is 0 Å². The van der Waals surface area contributed by atoms with Crippen LogP contribution in [0.5, 0.6) is 5.75 Å². The summed E-state index contributed by atoms with van der Waals surface area (Å²) in [5, 5.41) is 0.931. The number of fused-ring (bicyclic) bond motifs is 1. The molecule has 2 aromatic rings. The highest BCUT2D eigenvalue weighted by Crippen LogP contribution is 2.32. The van der Waals surface area contributed by atoms with Crippen LogP contribution in [0.15, 0.2) is 35.2 Å². The average molecular weight is 400 g/mol. The Bertz CT molecular complexity index is 897. The predicted molar refractivity (Wildman–Crippen MR) is 100 cm³/mol. The number of rotatable bonds is 5. The van der Waals surface area contributed by atoms with Crippen molar-refractivity contribution >= 4 is 33.2 Å². The molecule has 0 saturated carbocycles. The van der Waals surface area contributed by atoms with Gasteiger partial charge in [0.05, 0.1) is 7.11 Å². The van der Waals surface area contributed by atoms with Crippen LogP contribution in [0.4, 0.5) is 0 Å². The van der Waals surface area contributed by atoms with Gasteiger partial charge in [0.1, 0.15) is 10.6 Å². The maximum Gasteiger partial charge on any atom is 0.244 e. The molecule has 3 rings (SSSR count). The molecule has 4 nitrogen and oxygen atoms in total. The summed E-state index contributed by atoms with van der Waals surface area (Å²) in [5.41, 5.74) is 2.91. The van der Waals surface area contributed by atoms with E-state index in [1.807, 2.05) is 6.07 Å². The van der Waals surface area contributed by atoms with Crippen molar-refractivity contribution in [1.29, 1.82) is 0 Å². The van der Waals surface area contributed by atoms with E-state index in [2.05, 4.69) is 4.72 Å². The van der Waals surface area contributed by atoms with Crippen molar-refractivity contribution in [2.75, 3.05) is 7.11 Å². The summed E-state index contributed by atoms with van der Waals surface area (Å²) in [7, 11) is -2.24. The summed E-state index contributed by atoms with van der Waals surface area (Å²) in [6.07, 6.45) is 4.05. The molecule has 134 valence electrons. The van der Waals surface area contributed by atoms with Crippen molar-refractivity contribution in [1.82, 2.24) is 4.72 Å². The molecule has 0 bridgehead atoms. The monoisotopic (exact) mass is 399 g/mol. The van der Waals surface area contributed by atoms with Gasteiger partial charge in [-0.15, -0.1) is 0 Å².